The molecular formula is C10H6ClF3O3. The molecule has 1 N–H and O–H groups in total. The van der Waals surface area contributed by atoms with Crippen LogP contribution in [0.3, 0.4) is 0 Å². The van der Waals surface area contributed by atoms with E-state index in [1.807, 2.05) is 0 Å². The topological polar surface area (TPSA) is 54.4 Å². The van der Waals surface area contributed by atoms with Crippen molar-refractivity contribution in [3.8, 4) is 0 Å². The van der Waals surface area contributed by atoms with Gasteiger partial charge in [0.2, 0.25) is 5.24 Å². The summed E-state index contributed by atoms with van der Waals surface area (Å²) in [5.41, 5.74) is -1.33. The van der Waals surface area contributed by atoms with Crippen molar-refractivity contribution in [1.29, 1.82) is 0 Å². The zero-order valence-corrected chi connectivity index (χ0v) is 8.92. The zero-order valence-electron chi connectivity index (χ0n) is 8.16. The van der Waals surface area contributed by atoms with Crippen LogP contribution in [0.2, 0.25) is 0 Å². The summed E-state index contributed by atoms with van der Waals surface area (Å²) < 4.78 is 37.1. The summed E-state index contributed by atoms with van der Waals surface area (Å²) in [6.45, 7) is 0. The number of carboxylic acid groups (broad SMARTS) is 1. The second-order valence-electron chi connectivity index (χ2n) is 3.20. The van der Waals surface area contributed by atoms with Gasteiger partial charge in [-0.05, 0) is 23.2 Å². The number of hydrogen-bond acceptors (Lipinski definition) is 2. The van der Waals surface area contributed by atoms with Gasteiger partial charge in [-0.1, -0.05) is 18.2 Å². The molecule has 0 aliphatic heterocycles. The van der Waals surface area contributed by atoms with E-state index < -0.39 is 28.9 Å². The molecule has 0 fully saturated rings. The van der Waals surface area contributed by atoms with E-state index in [-0.39, 0.29) is 5.56 Å². The lowest BCUT2D eigenvalue weighted by atomic mass is 9.98. The number of halogens is 4. The molecule has 0 heterocycles. The summed E-state index contributed by atoms with van der Waals surface area (Å²) in [6, 6.07) is 3.50. The summed E-state index contributed by atoms with van der Waals surface area (Å²) in [4.78, 5) is 21.6. The quantitative estimate of drug-likeness (QED) is 0.676. The molecular weight excluding hydrogens is 261 g/mol. The number of benzene rings is 1. The van der Waals surface area contributed by atoms with Gasteiger partial charge in [0.05, 0.1) is 5.56 Å². The SMILES string of the molecule is O=C(O)C(C(=O)Cl)c1cccc(C(F)(F)F)c1. The fraction of sp³-hybridized carbons (Fsp3) is 0.200. The van der Waals surface area contributed by atoms with Crippen LogP contribution in [-0.4, -0.2) is 16.3 Å². The Balaban J connectivity index is 3.23. The summed E-state index contributed by atoms with van der Waals surface area (Å²) in [7, 11) is 0. The summed E-state index contributed by atoms with van der Waals surface area (Å²) >= 11 is 5.04. The van der Waals surface area contributed by atoms with Crippen molar-refractivity contribution < 1.29 is 27.9 Å². The largest absolute Gasteiger partial charge is 0.480 e. The molecule has 1 unspecified atom stereocenters. The first-order valence-corrected chi connectivity index (χ1v) is 4.70. The fourth-order valence-electron chi connectivity index (χ4n) is 1.27. The van der Waals surface area contributed by atoms with Crippen molar-refractivity contribution >= 4 is 22.8 Å². The van der Waals surface area contributed by atoms with Gasteiger partial charge in [0.1, 0.15) is 0 Å². The number of carboxylic acids is 1. The third-order valence-electron chi connectivity index (χ3n) is 2.02. The molecule has 1 rings (SSSR count). The Bertz CT molecular complexity index is 442. The van der Waals surface area contributed by atoms with E-state index in [1.54, 1.807) is 0 Å². The van der Waals surface area contributed by atoms with Crippen LogP contribution in [0.15, 0.2) is 24.3 Å². The summed E-state index contributed by atoms with van der Waals surface area (Å²) in [6.07, 6.45) is -4.60. The average Bonchev–Trinajstić information content (AvgIpc) is 2.15. The van der Waals surface area contributed by atoms with E-state index in [0.717, 1.165) is 18.2 Å². The van der Waals surface area contributed by atoms with Crippen molar-refractivity contribution in [3.05, 3.63) is 35.4 Å². The minimum atomic E-state index is -4.60. The van der Waals surface area contributed by atoms with Crippen LogP contribution >= 0.6 is 11.6 Å². The van der Waals surface area contributed by atoms with Crippen molar-refractivity contribution in [1.82, 2.24) is 0 Å². The number of rotatable bonds is 3. The predicted octanol–water partition coefficient (Wildman–Crippen LogP) is 2.64. The summed E-state index contributed by atoms with van der Waals surface area (Å²) in [5, 5.41) is 7.47. The fourth-order valence-corrected chi connectivity index (χ4v) is 1.48. The van der Waals surface area contributed by atoms with Gasteiger partial charge in [-0.15, -0.1) is 0 Å². The molecule has 92 valence electrons. The first-order valence-electron chi connectivity index (χ1n) is 4.33. The molecule has 0 aliphatic rings. The first-order chi connectivity index (χ1) is 7.73. The smallest absolute Gasteiger partial charge is 0.416 e. The van der Waals surface area contributed by atoms with Gasteiger partial charge in [-0.3, -0.25) is 9.59 Å². The number of hydrogen-bond donors (Lipinski definition) is 1. The molecule has 0 bridgehead atoms. The molecule has 17 heavy (non-hydrogen) atoms. The van der Waals surface area contributed by atoms with Gasteiger partial charge in [-0.2, -0.15) is 13.2 Å². The van der Waals surface area contributed by atoms with E-state index in [1.165, 1.54) is 0 Å². The minimum absolute atomic E-state index is 0.299. The Morgan fingerprint density at radius 3 is 2.29 bits per heavy atom. The normalized spacial score (nSPS) is 13.2. The lowest BCUT2D eigenvalue weighted by Gasteiger charge is -2.11. The maximum atomic E-state index is 12.4. The van der Waals surface area contributed by atoms with Crippen molar-refractivity contribution in [2.45, 2.75) is 12.1 Å². The average molecular weight is 267 g/mol. The minimum Gasteiger partial charge on any atom is -0.480 e. The van der Waals surface area contributed by atoms with Crippen molar-refractivity contribution in [2.24, 2.45) is 0 Å². The molecule has 7 heteroatoms. The molecule has 0 spiro atoms. The third-order valence-corrected chi connectivity index (χ3v) is 2.24. The second kappa shape index (κ2) is 4.75. The molecule has 0 amide bonds. The number of carbonyl (C=O) groups is 2. The second-order valence-corrected chi connectivity index (χ2v) is 3.57. The number of aliphatic carboxylic acids is 1. The molecule has 0 radical (unpaired) electrons. The molecule has 3 nitrogen and oxygen atoms in total. The monoisotopic (exact) mass is 266 g/mol. The Hall–Kier alpha value is -1.56. The van der Waals surface area contributed by atoms with E-state index in [2.05, 4.69) is 0 Å². The highest BCUT2D eigenvalue weighted by Crippen LogP contribution is 2.31. The van der Waals surface area contributed by atoms with Gasteiger partial charge in [0.25, 0.3) is 0 Å². The van der Waals surface area contributed by atoms with Crippen LogP contribution in [0.25, 0.3) is 0 Å². The van der Waals surface area contributed by atoms with Crippen LogP contribution in [0.4, 0.5) is 13.2 Å². The van der Waals surface area contributed by atoms with Crippen LogP contribution in [0, 0.1) is 0 Å². The van der Waals surface area contributed by atoms with E-state index in [0.29, 0.717) is 6.07 Å². The molecule has 0 aromatic heterocycles. The third kappa shape index (κ3) is 3.20. The highest BCUT2D eigenvalue weighted by Gasteiger charge is 2.33. The van der Waals surface area contributed by atoms with Gasteiger partial charge in [0.15, 0.2) is 5.92 Å². The van der Waals surface area contributed by atoms with Crippen molar-refractivity contribution in [2.75, 3.05) is 0 Å². The number of alkyl halides is 3. The van der Waals surface area contributed by atoms with E-state index >= 15 is 0 Å². The standard InChI is InChI=1S/C10H6ClF3O3/c11-8(15)7(9(16)17)5-2-1-3-6(4-5)10(12,13)14/h1-4,7H,(H,16,17). The molecule has 1 atom stereocenters. The van der Waals surface area contributed by atoms with E-state index in [4.69, 9.17) is 16.7 Å². The van der Waals surface area contributed by atoms with Crippen LogP contribution < -0.4 is 0 Å². The lowest BCUT2D eigenvalue weighted by Crippen LogP contribution is -2.18. The maximum absolute atomic E-state index is 12.4. The zero-order chi connectivity index (χ0) is 13.2. The van der Waals surface area contributed by atoms with Crippen LogP contribution in [-0.2, 0) is 15.8 Å². The summed E-state index contributed by atoms with van der Waals surface area (Å²) in [5.74, 6) is -3.39. The van der Waals surface area contributed by atoms with Crippen molar-refractivity contribution in [3.63, 3.8) is 0 Å². The Labute approximate surface area is 98.8 Å². The Morgan fingerprint density at radius 1 is 1.29 bits per heavy atom. The van der Waals surface area contributed by atoms with E-state index in [9.17, 15) is 22.8 Å². The lowest BCUT2D eigenvalue weighted by molar-refractivity contribution is -0.142. The molecule has 0 aliphatic carbocycles. The highest BCUT2D eigenvalue weighted by molar-refractivity contribution is 6.66. The van der Waals surface area contributed by atoms with Crippen LogP contribution in [0.1, 0.15) is 17.0 Å². The number of carbonyl (C=O) groups excluding carboxylic acids is 1. The molecule has 1 aromatic rings. The van der Waals surface area contributed by atoms with Crippen LogP contribution in [0.5, 0.6) is 0 Å². The van der Waals surface area contributed by atoms with Gasteiger partial charge in [0, 0.05) is 0 Å². The Morgan fingerprint density at radius 2 is 1.88 bits per heavy atom. The van der Waals surface area contributed by atoms with Gasteiger partial charge >= 0.3 is 12.1 Å². The highest BCUT2D eigenvalue weighted by atomic mass is 35.5. The molecule has 1 aromatic carbocycles. The first kappa shape index (κ1) is 13.5. The van der Waals surface area contributed by atoms with Gasteiger partial charge in [-0.25, -0.2) is 0 Å². The van der Waals surface area contributed by atoms with Gasteiger partial charge < -0.3 is 5.11 Å². The predicted molar refractivity (Wildman–Crippen MR) is 52.7 cm³/mol. The maximum Gasteiger partial charge on any atom is 0.416 e. The Kier molecular flexibility index (Phi) is 3.77. The molecule has 0 saturated heterocycles. The molecule has 0 saturated carbocycles.